The summed E-state index contributed by atoms with van der Waals surface area (Å²) in [6, 6.07) is 12.7. The molecule has 0 radical (unpaired) electrons. The van der Waals surface area contributed by atoms with Gasteiger partial charge >= 0.3 is 5.97 Å². The van der Waals surface area contributed by atoms with Gasteiger partial charge in [0.1, 0.15) is 0 Å². The maximum Gasteiger partial charge on any atom is 0.340 e. The summed E-state index contributed by atoms with van der Waals surface area (Å²) in [4.78, 5) is 24.6. The first-order valence-corrected chi connectivity index (χ1v) is 10.3. The summed E-state index contributed by atoms with van der Waals surface area (Å²) in [5.41, 5.74) is 0.760. The summed E-state index contributed by atoms with van der Waals surface area (Å²) < 4.78 is 31.1. The van der Waals surface area contributed by atoms with E-state index in [1.54, 1.807) is 0 Å². The van der Waals surface area contributed by atoms with Crippen LogP contribution in [0.25, 0.3) is 0 Å². The van der Waals surface area contributed by atoms with Gasteiger partial charge in [0, 0.05) is 0 Å². The molecule has 1 amide bonds. The van der Waals surface area contributed by atoms with Gasteiger partial charge in [-0.2, -0.15) is 0 Å². The number of hydrogen-bond donors (Lipinski definition) is 2. The van der Waals surface area contributed by atoms with Crippen molar-refractivity contribution in [3.63, 3.8) is 0 Å². The van der Waals surface area contributed by atoms with E-state index >= 15 is 0 Å². The van der Waals surface area contributed by atoms with Crippen molar-refractivity contribution in [2.45, 2.75) is 30.9 Å². The first-order chi connectivity index (χ1) is 13.2. The molecule has 2 aromatic carbocycles. The lowest BCUT2D eigenvalue weighted by atomic mass is 10.1. The summed E-state index contributed by atoms with van der Waals surface area (Å²) in [5, 5.41) is 2.78. The number of nitrogens with one attached hydrogen (secondary N) is 2. The molecule has 2 atom stereocenters. The largest absolute Gasteiger partial charge is 0.449 e. The lowest BCUT2D eigenvalue weighted by molar-refractivity contribution is -0.129. The smallest absolute Gasteiger partial charge is 0.340 e. The summed E-state index contributed by atoms with van der Waals surface area (Å²) >= 11 is 6.00. The molecule has 2 aromatic rings. The maximum atomic E-state index is 12.4. The molecule has 0 aliphatic rings. The highest BCUT2D eigenvalue weighted by molar-refractivity contribution is 7.89. The second-order valence-corrected chi connectivity index (χ2v) is 8.33. The van der Waals surface area contributed by atoms with Crippen molar-refractivity contribution in [3.8, 4) is 0 Å². The normalized spacial score (nSPS) is 13.4. The Morgan fingerprint density at radius 2 is 1.71 bits per heavy atom. The molecule has 0 aliphatic heterocycles. The summed E-state index contributed by atoms with van der Waals surface area (Å²) in [7, 11) is -2.51. The third-order valence-electron chi connectivity index (χ3n) is 4.05. The molecule has 0 fully saturated rings. The van der Waals surface area contributed by atoms with Crippen LogP contribution in [0.1, 0.15) is 35.8 Å². The van der Waals surface area contributed by atoms with Gasteiger partial charge in [0.2, 0.25) is 10.0 Å². The zero-order valence-electron chi connectivity index (χ0n) is 15.6. The molecule has 0 saturated carbocycles. The number of carbonyl (C=O) groups is 2. The van der Waals surface area contributed by atoms with Crippen LogP contribution in [0.5, 0.6) is 0 Å². The van der Waals surface area contributed by atoms with Gasteiger partial charge in [0.15, 0.2) is 6.10 Å². The number of sulfonamides is 1. The SMILES string of the molecule is CNS(=O)(=O)c1ccc(Cl)c(C(=O)OC(C)C(=O)NC(C)c2ccccc2)c1. The van der Waals surface area contributed by atoms with Crippen molar-refractivity contribution >= 4 is 33.5 Å². The van der Waals surface area contributed by atoms with E-state index in [0.717, 1.165) is 11.6 Å². The van der Waals surface area contributed by atoms with Crippen LogP contribution in [0.4, 0.5) is 0 Å². The Balaban J connectivity index is 2.09. The van der Waals surface area contributed by atoms with E-state index in [0.29, 0.717) is 0 Å². The molecular formula is C19H21ClN2O5S. The molecule has 28 heavy (non-hydrogen) atoms. The second-order valence-electron chi connectivity index (χ2n) is 6.04. The van der Waals surface area contributed by atoms with E-state index in [2.05, 4.69) is 10.0 Å². The highest BCUT2D eigenvalue weighted by atomic mass is 35.5. The van der Waals surface area contributed by atoms with Crippen molar-refractivity contribution in [3.05, 3.63) is 64.7 Å². The number of halogens is 1. The van der Waals surface area contributed by atoms with Crippen LogP contribution in [0.3, 0.4) is 0 Å². The molecule has 0 heterocycles. The maximum absolute atomic E-state index is 12.4. The Kier molecular flexibility index (Phi) is 7.17. The van der Waals surface area contributed by atoms with E-state index in [9.17, 15) is 18.0 Å². The van der Waals surface area contributed by atoms with Gasteiger partial charge in [-0.1, -0.05) is 41.9 Å². The average Bonchev–Trinajstić information content (AvgIpc) is 2.68. The third-order valence-corrected chi connectivity index (χ3v) is 5.79. The van der Waals surface area contributed by atoms with Crippen LogP contribution < -0.4 is 10.0 Å². The van der Waals surface area contributed by atoms with Crippen LogP contribution in [-0.4, -0.2) is 33.4 Å². The lowest BCUT2D eigenvalue weighted by Gasteiger charge is -2.18. The van der Waals surface area contributed by atoms with Crippen molar-refractivity contribution in [1.29, 1.82) is 0 Å². The van der Waals surface area contributed by atoms with Crippen molar-refractivity contribution in [2.75, 3.05) is 7.05 Å². The highest BCUT2D eigenvalue weighted by Crippen LogP contribution is 2.22. The van der Waals surface area contributed by atoms with Crippen LogP contribution in [0, 0.1) is 0 Å². The number of esters is 1. The predicted octanol–water partition coefficient (Wildman–Crippen LogP) is 2.67. The lowest BCUT2D eigenvalue weighted by Crippen LogP contribution is -2.37. The van der Waals surface area contributed by atoms with Crippen LogP contribution in [0.2, 0.25) is 5.02 Å². The van der Waals surface area contributed by atoms with E-state index < -0.39 is 28.0 Å². The molecule has 2 rings (SSSR count). The number of benzene rings is 2. The van der Waals surface area contributed by atoms with E-state index in [1.165, 1.54) is 26.1 Å². The average molecular weight is 425 g/mol. The topological polar surface area (TPSA) is 102 Å². The Morgan fingerprint density at radius 3 is 2.32 bits per heavy atom. The molecule has 0 spiro atoms. The molecule has 150 valence electrons. The van der Waals surface area contributed by atoms with E-state index in [4.69, 9.17) is 16.3 Å². The fourth-order valence-electron chi connectivity index (χ4n) is 2.38. The molecule has 0 aliphatic carbocycles. The number of hydrogen-bond acceptors (Lipinski definition) is 5. The number of carbonyl (C=O) groups excluding carboxylic acids is 2. The fourth-order valence-corrected chi connectivity index (χ4v) is 3.33. The Bertz CT molecular complexity index is 964. The first kappa shape index (κ1) is 21.9. The minimum Gasteiger partial charge on any atom is -0.449 e. The highest BCUT2D eigenvalue weighted by Gasteiger charge is 2.24. The van der Waals surface area contributed by atoms with Crippen molar-refractivity contribution < 1.29 is 22.7 Å². The zero-order valence-corrected chi connectivity index (χ0v) is 17.2. The van der Waals surface area contributed by atoms with Crippen molar-refractivity contribution in [1.82, 2.24) is 10.0 Å². The van der Waals surface area contributed by atoms with Crippen LogP contribution >= 0.6 is 11.6 Å². The van der Waals surface area contributed by atoms with E-state index in [-0.39, 0.29) is 21.5 Å². The molecule has 0 saturated heterocycles. The minimum atomic E-state index is -3.76. The quantitative estimate of drug-likeness (QED) is 0.665. The predicted molar refractivity (Wildman–Crippen MR) is 106 cm³/mol. The van der Waals surface area contributed by atoms with Gasteiger partial charge < -0.3 is 10.1 Å². The second kappa shape index (κ2) is 9.18. The van der Waals surface area contributed by atoms with E-state index in [1.807, 2.05) is 37.3 Å². The molecule has 7 nitrogen and oxygen atoms in total. The Hall–Kier alpha value is -2.42. The third kappa shape index (κ3) is 5.31. The number of ether oxygens (including phenoxy) is 1. The van der Waals surface area contributed by atoms with Crippen LogP contribution in [0.15, 0.2) is 53.4 Å². The summed E-state index contributed by atoms with van der Waals surface area (Å²) in [6.45, 7) is 3.23. The molecule has 0 bridgehead atoms. The van der Waals surface area contributed by atoms with Gasteiger partial charge in [-0.15, -0.1) is 0 Å². The molecule has 9 heteroatoms. The van der Waals surface area contributed by atoms with Gasteiger partial charge in [0.25, 0.3) is 5.91 Å². The fraction of sp³-hybridized carbons (Fsp3) is 0.263. The Labute approximate surface area is 169 Å². The standard InChI is InChI=1S/C19H21ClN2O5S/c1-12(14-7-5-4-6-8-14)22-18(23)13(2)27-19(24)16-11-15(9-10-17(16)20)28(25,26)21-3/h4-13,21H,1-3H3,(H,22,23). The minimum absolute atomic E-state index is 0.0188. The van der Waals surface area contributed by atoms with Crippen LogP contribution in [-0.2, 0) is 19.6 Å². The van der Waals surface area contributed by atoms with Crippen molar-refractivity contribution in [2.24, 2.45) is 0 Å². The number of amides is 1. The zero-order chi connectivity index (χ0) is 20.9. The van der Waals surface area contributed by atoms with Gasteiger partial charge in [-0.25, -0.2) is 17.9 Å². The van der Waals surface area contributed by atoms with Gasteiger partial charge in [-0.05, 0) is 44.7 Å². The summed E-state index contributed by atoms with van der Waals surface area (Å²) in [6.07, 6.45) is -1.10. The summed E-state index contributed by atoms with van der Waals surface area (Å²) in [5.74, 6) is -1.38. The first-order valence-electron chi connectivity index (χ1n) is 8.45. The molecular weight excluding hydrogens is 404 g/mol. The van der Waals surface area contributed by atoms with Gasteiger partial charge in [0.05, 0.1) is 21.5 Å². The van der Waals surface area contributed by atoms with Gasteiger partial charge in [-0.3, -0.25) is 4.79 Å². The number of rotatable bonds is 7. The molecule has 0 aromatic heterocycles. The molecule has 2 N–H and O–H groups in total. The molecule has 2 unspecified atom stereocenters. The Morgan fingerprint density at radius 1 is 1.07 bits per heavy atom. The monoisotopic (exact) mass is 424 g/mol.